The lowest BCUT2D eigenvalue weighted by Gasteiger charge is -2.17. The second kappa shape index (κ2) is 8.33. The number of ether oxygens (including phenoxy) is 1. The van der Waals surface area contributed by atoms with Crippen molar-refractivity contribution in [2.45, 2.75) is 58.0 Å². The van der Waals surface area contributed by atoms with E-state index in [-0.39, 0.29) is 6.42 Å². The third-order valence-electron chi connectivity index (χ3n) is 5.62. The smallest absolute Gasteiger partial charge is 0.303 e. The molecule has 3 heterocycles. The fourth-order valence-corrected chi connectivity index (χ4v) is 4.02. The summed E-state index contributed by atoms with van der Waals surface area (Å²) in [5, 5.41) is 14.0. The van der Waals surface area contributed by atoms with E-state index in [4.69, 9.17) is 14.9 Å². The molecule has 0 atom stereocenters. The van der Waals surface area contributed by atoms with Gasteiger partial charge < -0.3 is 9.84 Å². The lowest BCUT2D eigenvalue weighted by molar-refractivity contribution is -0.137. The number of hydrogen-bond donors (Lipinski definition) is 1. The molecule has 1 aliphatic carbocycles. The maximum absolute atomic E-state index is 11.1. The Morgan fingerprint density at radius 2 is 2.14 bits per heavy atom. The summed E-state index contributed by atoms with van der Waals surface area (Å²) in [7, 11) is 1.66. The van der Waals surface area contributed by atoms with Gasteiger partial charge in [0.05, 0.1) is 17.8 Å². The summed E-state index contributed by atoms with van der Waals surface area (Å²) in [4.78, 5) is 15.6. The van der Waals surface area contributed by atoms with E-state index < -0.39 is 5.97 Å². The summed E-state index contributed by atoms with van der Waals surface area (Å²) in [5.41, 5.74) is 7.57. The van der Waals surface area contributed by atoms with Crippen molar-refractivity contribution in [1.29, 1.82) is 0 Å². The second-order valence-corrected chi connectivity index (χ2v) is 7.74. The highest BCUT2D eigenvalue weighted by atomic mass is 16.5. The zero-order valence-electron chi connectivity index (χ0n) is 17.0. The van der Waals surface area contributed by atoms with Gasteiger partial charge in [-0.25, -0.2) is 4.52 Å². The largest absolute Gasteiger partial charge is 0.481 e. The molecule has 0 amide bonds. The van der Waals surface area contributed by atoms with Gasteiger partial charge in [-0.1, -0.05) is 6.92 Å². The molecule has 4 rings (SSSR count). The van der Waals surface area contributed by atoms with Crippen LogP contribution in [0.25, 0.3) is 16.6 Å². The Morgan fingerprint density at radius 1 is 1.31 bits per heavy atom. The van der Waals surface area contributed by atoms with Crippen LogP contribution in [-0.2, 0) is 29.0 Å². The summed E-state index contributed by atoms with van der Waals surface area (Å²) in [6.45, 7) is 2.51. The summed E-state index contributed by atoms with van der Waals surface area (Å²) in [6, 6.07) is 6.47. The number of aliphatic carboxylic acids is 1. The number of hydrogen-bond acceptors (Lipinski definition) is 4. The number of carbonyl (C=O) groups is 1. The number of nitrogens with zero attached hydrogens (tertiary/aromatic N) is 3. The van der Waals surface area contributed by atoms with Gasteiger partial charge in [0.1, 0.15) is 0 Å². The minimum absolute atomic E-state index is 0.138. The Kier molecular flexibility index (Phi) is 5.62. The van der Waals surface area contributed by atoms with E-state index in [1.807, 2.05) is 16.9 Å². The zero-order chi connectivity index (χ0) is 20.4. The number of aryl methyl sites for hydroxylation is 1. The molecule has 3 aromatic heterocycles. The topological polar surface area (TPSA) is 76.7 Å². The monoisotopic (exact) mass is 393 g/mol. The van der Waals surface area contributed by atoms with Crippen LogP contribution in [0.1, 0.15) is 61.0 Å². The van der Waals surface area contributed by atoms with E-state index in [1.165, 1.54) is 18.4 Å². The molecule has 0 aliphatic heterocycles. The fourth-order valence-electron chi connectivity index (χ4n) is 4.02. The van der Waals surface area contributed by atoms with Crippen LogP contribution in [-0.4, -0.2) is 32.8 Å². The molecule has 3 aromatic rings. The highest BCUT2D eigenvalue weighted by Crippen LogP contribution is 2.41. The molecule has 1 fully saturated rings. The molecule has 0 bridgehead atoms. The average molecular weight is 393 g/mol. The number of rotatable bonds is 9. The van der Waals surface area contributed by atoms with Crippen molar-refractivity contribution in [3.05, 3.63) is 53.1 Å². The Balaban J connectivity index is 1.91. The molecule has 29 heavy (non-hydrogen) atoms. The zero-order valence-corrected chi connectivity index (χ0v) is 17.0. The normalized spacial score (nSPS) is 13.9. The van der Waals surface area contributed by atoms with Crippen molar-refractivity contribution < 1.29 is 14.6 Å². The Labute approximate surface area is 170 Å². The van der Waals surface area contributed by atoms with Crippen molar-refractivity contribution >= 4 is 11.5 Å². The molecular formula is C23H27N3O3. The third kappa shape index (κ3) is 4.03. The van der Waals surface area contributed by atoms with Crippen molar-refractivity contribution in [2.75, 3.05) is 7.11 Å². The number of aromatic nitrogens is 3. The minimum atomic E-state index is -0.776. The molecule has 6 heteroatoms. The molecule has 6 nitrogen and oxygen atoms in total. The van der Waals surface area contributed by atoms with Gasteiger partial charge in [-0.2, -0.15) is 5.10 Å². The van der Waals surface area contributed by atoms with Crippen LogP contribution in [0.5, 0.6) is 0 Å². The van der Waals surface area contributed by atoms with Gasteiger partial charge in [-0.3, -0.25) is 9.78 Å². The maximum Gasteiger partial charge on any atom is 0.303 e. The molecule has 0 saturated heterocycles. The van der Waals surface area contributed by atoms with Gasteiger partial charge in [0.25, 0.3) is 0 Å². The van der Waals surface area contributed by atoms with E-state index in [9.17, 15) is 4.79 Å². The summed E-state index contributed by atoms with van der Waals surface area (Å²) >= 11 is 0. The van der Waals surface area contributed by atoms with E-state index in [0.29, 0.717) is 25.4 Å². The molecule has 1 saturated carbocycles. The minimum Gasteiger partial charge on any atom is -0.481 e. The van der Waals surface area contributed by atoms with Gasteiger partial charge in [-0.05, 0) is 67.3 Å². The molecular weight excluding hydrogens is 366 g/mol. The van der Waals surface area contributed by atoms with Gasteiger partial charge in [0.2, 0.25) is 0 Å². The van der Waals surface area contributed by atoms with Crippen LogP contribution < -0.4 is 0 Å². The summed E-state index contributed by atoms with van der Waals surface area (Å²) in [5.74, 6) is -0.158. The first-order chi connectivity index (χ1) is 14.1. The highest BCUT2D eigenvalue weighted by molar-refractivity contribution is 5.84. The number of carboxylic acid groups (broad SMARTS) is 1. The number of methoxy groups -OCH3 is 1. The van der Waals surface area contributed by atoms with Crippen molar-refractivity contribution in [3.8, 4) is 11.1 Å². The first kappa shape index (κ1) is 19.6. The van der Waals surface area contributed by atoms with E-state index >= 15 is 0 Å². The Hall–Kier alpha value is -2.73. The highest BCUT2D eigenvalue weighted by Gasteiger charge is 2.25. The van der Waals surface area contributed by atoms with Crippen molar-refractivity contribution in [1.82, 2.24) is 14.6 Å². The summed E-state index contributed by atoms with van der Waals surface area (Å²) in [6.07, 6.45) is 8.56. The third-order valence-corrected chi connectivity index (χ3v) is 5.62. The van der Waals surface area contributed by atoms with Gasteiger partial charge >= 0.3 is 5.97 Å². The number of carboxylic acids is 1. The Morgan fingerprint density at radius 3 is 2.83 bits per heavy atom. The lowest BCUT2D eigenvalue weighted by atomic mass is 9.94. The molecule has 1 aliphatic rings. The molecule has 1 N–H and O–H groups in total. The van der Waals surface area contributed by atoms with Crippen molar-refractivity contribution in [3.63, 3.8) is 0 Å². The second-order valence-electron chi connectivity index (χ2n) is 7.74. The average Bonchev–Trinajstić information content (AvgIpc) is 3.49. The van der Waals surface area contributed by atoms with Crippen LogP contribution in [0.15, 0.2) is 30.6 Å². The summed E-state index contributed by atoms with van der Waals surface area (Å²) < 4.78 is 7.46. The van der Waals surface area contributed by atoms with Crippen LogP contribution >= 0.6 is 0 Å². The molecule has 152 valence electrons. The molecule has 0 aromatic carbocycles. The first-order valence-electron chi connectivity index (χ1n) is 10.3. The predicted octanol–water partition coefficient (Wildman–Crippen LogP) is 4.39. The van der Waals surface area contributed by atoms with Crippen LogP contribution in [0.4, 0.5) is 0 Å². The SMILES string of the molecule is CCc1ccc2c(-c3cncc(C4CC4)c3)c(CCCC(=O)O)c(COC)nn12. The van der Waals surface area contributed by atoms with Crippen LogP contribution in [0.3, 0.4) is 0 Å². The number of fused-ring (bicyclic) bond motifs is 1. The first-order valence-corrected chi connectivity index (χ1v) is 10.3. The van der Waals surface area contributed by atoms with Crippen LogP contribution in [0, 0.1) is 0 Å². The Bertz CT molecular complexity index is 1040. The predicted molar refractivity (Wildman–Crippen MR) is 111 cm³/mol. The molecule has 0 spiro atoms. The van der Waals surface area contributed by atoms with Gasteiger partial charge in [0, 0.05) is 42.7 Å². The fraction of sp³-hybridized carbons (Fsp3) is 0.435. The molecule has 0 unspecified atom stereocenters. The van der Waals surface area contributed by atoms with Gasteiger partial charge in [-0.15, -0.1) is 0 Å². The van der Waals surface area contributed by atoms with E-state index in [0.717, 1.165) is 40.0 Å². The molecule has 0 radical (unpaired) electrons. The quantitative estimate of drug-likeness (QED) is 0.583. The lowest BCUT2D eigenvalue weighted by Crippen LogP contribution is -2.10. The standard InChI is InChI=1S/C23H27N3O3/c1-3-18-9-10-21-23(17-11-16(12-24-13-17)15-7-8-15)19(5-4-6-22(27)28)20(14-29-2)25-26(18)21/h9-13,15H,3-8,14H2,1-2H3,(H,27,28). The van der Waals surface area contributed by atoms with Gasteiger partial charge in [0.15, 0.2) is 0 Å². The van der Waals surface area contributed by atoms with E-state index in [2.05, 4.69) is 30.1 Å². The van der Waals surface area contributed by atoms with Crippen LogP contribution in [0.2, 0.25) is 0 Å². The maximum atomic E-state index is 11.1. The number of pyridine rings is 1. The van der Waals surface area contributed by atoms with E-state index in [1.54, 1.807) is 7.11 Å². The van der Waals surface area contributed by atoms with Crippen molar-refractivity contribution in [2.24, 2.45) is 0 Å².